The Bertz CT molecular complexity index is 669. The fourth-order valence-corrected chi connectivity index (χ4v) is 3.08. The number of carbonyl (C=O) groups excluding carboxylic acids is 1. The highest BCUT2D eigenvalue weighted by molar-refractivity contribution is 5.88. The first kappa shape index (κ1) is 21.0. The number of rotatable bonds is 6. The van der Waals surface area contributed by atoms with Gasteiger partial charge < -0.3 is 19.9 Å². The number of hydrogen-bond donors (Lipinski definition) is 2. The van der Waals surface area contributed by atoms with Gasteiger partial charge in [-0.1, -0.05) is 0 Å². The van der Waals surface area contributed by atoms with Gasteiger partial charge in [0.2, 0.25) is 0 Å². The molecule has 0 saturated carbocycles. The number of carbonyl (C=O) groups is 2. The molecule has 27 heavy (non-hydrogen) atoms. The molecule has 2 rings (SSSR count). The zero-order valence-corrected chi connectivity index (χ0v) is 16.6. The van der Waals surface area contributed by atoms with Crippen molar-refractivity contribution in [2.75, 3.05) is 26.2 Å². The molecule has 1 saturated heterocycles. The van der Waals surface area contributed by atoms with Crippen molar-refractivity contribution < 1.29 is 24.2 Å². The molecule has 2 N–H and O–H groups in total. The fraction of sp³-hybridized carbons (Fsp3) is 0.600. The van der Waals surface area contributed by atoms with E-state index in [1.807, 2.05) is 27.7 Å². The van der Waals surface area contributed by atoms with Crippen LogP contribution >= 0.6 is 0 Å². The van der Waals surface area contributed by atoms with Gasteiger partial charge in [-0.05, 0) is 70.8 Å². The van der Waals surface area contributed by atoms with Crippen LogP contribution in [-0.2, 0) is 4.74 Å². The Morgan fingerprint density at radius 2 is 2.07 bits per heavy atom. The van der Waals surface area contributed by atoms with Gasteiger partial charge >= 0.3 is 12.1 Å². The zero-order valence-electron chi connectivity index (χ0n) is 16.6. The summed E-state index contributed by atoms with van der Waals surface area (Å²) in [5.41, 5.74) is 0.560. The van der Waals surface area contributed by atoms with E-state index in [9.17, 15) is 9.59 Å². The molecule has 1 aliphatic rings. The number of ether oxygens (including phenoxy) is 2. The van der Waals surface area contributed by atoms with Crippen molar-refractivity contribution in [3.8, 4) is 5.75 Å². The second-order valence-corrected chi connectivity index (χ2v) is 7.92. The van der Waals surface area contributed by atoms with Gasteiger partial charge in [-0.3, -0.25) is 4.90 Å². The number of carboxylic acids is 1. The smallest absolute Gasteiger partial charge is 0.407 e. The first-order valence-electron chi connectivity index (χ1n) is 9.32. The molecule has 0 aliphatic carbocycles. The maximum absolute atomic E-state index is 11.9. The molecule has 7 nitrogen and oxygen atoms in total. The lowest BCUT2D eigenvalue weighted by Crippen LogP contribution is -2.49. The third-order valence-electron chi connectivity index (χ3n) is 4.31. The Balaban J connectivity index is 1.77. The van der Waals surface area contributed by atoms with E-state index in [4.69, 9.17) is 14.6 Å². The summed E-state index contributed by atoms with van der Waals surface area (Å²) in [6, 6.07) is 4.93. The molecule has 1 atom stereocenters. The molecule has 7 heteroatoms. The molecule has 0 bridgehead atoms. The highest BCUT2D eigenvalue weighted by atomic mass is 16.6. The molecule has 1 fully saturated rings. The first-order chi connectivity index (χ1) is 12.6. The second-order valence-electron chi connectivity index (χ2n) is 7.92. The van der Waals surface area contributed by atoms with Crippen molar-refractivity contribution in [2.24, 2.45) is 0 Å². The van der Waals surface area contributed by atoms with E-state index < -0.39 is 11.6 Å². The summed E-state index contributed by atoms with van der Waals surface area (Å²) in [6.07, 6.45) is 1.57. The molecule has 0 radical (unpaired) electrons. The number of aromatic carboxylic acids is 1. The number of benzene rings is 1. The lowest BCUT2D eigenvalue weighted by molar-refractivity contribution is 0.0468. The Morgan fingerprint density at radius 1 is 1.33 bits per heavy atom. The Kier molecular flexibility index (Phi) is 7.07. The number of carboxylic acid groups (broad SMARTS) is 1. The SMILES string of the molecule is Cc1cc(C(=O)O)ccc1OCCN1CCCC(NC(=O)OC(C)(C)C)C1. The summed E-state index contributed by atoms with van der Waals surface area (Å²) in [4.78, 5) is 25.2. The van der Waals surface area contributed by atoms with E-state index in [0.29, 0.717) is 12.4 Å². The predicted molar refractivity (Wildman–Crippen MR) is 102 cm³/mol. The molecule has 1 unspecified atom stereocenters. The third kappa shape index (κ3) is 7.09. The number of amides is 1. The van der Waals surface area contributed by atoms with Crippen LogP contribution in [0.25, 0.3) is 0 Å². The quantitative estimate of drug-likeness (QED) is 0.791. The van der Waals surface area contributed by atoms with Crippen molar-refractivity contribution in [2.45, 2.75) is 52.2 Å². The molecule has 0 aromatic heterocycles. The van der Waals surface area contributed by atoms with Gasteiger partial charge in [0.05, 0.1) is 5.56 Å². The van der Waals surface area contributed by atoms with Crippen LogP contribution < -0.4 is 10.1 Å². The van der Waals surface area contributed by atoms with Crippen molar-refractivity contribution in [3.05, 3.63) is 29.3 Å². The van der Waals surface area contributed by atoms with Crippen LogP contribution in [0.5, 0.6) is 5.75 Å². The molecule has 1 heterocycles. The maximum atomic E-state index is 11.9. The lowest BCUT2D eigenvalue weighted by atomic mass is 10.1. The van der Waals surface area contributed by atoms with E-state index in [-0.39, 0.29) is 17.7 Å². The molecule has 150 valence electrons. The van der Waals surface area contributed by atoms with Gasteiger partial charge in [-0.2, -0.15) is 0 Å². The number of alkyl carbamates (subject to hydrolysis) is 1. The number of nitrogens with zero attached hydrogens (tertiary/aromatic N) is 1. The van der Waals surface area contributed by atoms with Crippen LogP contribution in [-0.4, -0.2) is 60.0 Å². The molecule has 1 amide bonds. The minimum atomic E-state index is -0.943. The molecular weight excluding hydrogens is 348 g/mol. The van der Waals surface area contributed by atoms with Crippen molar-refractivity contribution in [3.63, 3.8) is 0 Å². The van der Waals surface area contributed by atoms with Crippen LogP contribution in [0.1, 0.15) is 49.5 Å². The Hall–Kier alpha value is -2.28. The minimum Gasteiger partial charge on any atom is -0.492 e. The van der Waals surface area contributed by atoms with E-state index in [1.165, 1.54) is 0 Å². The van der Waals surface area contributed by atoms with E-state index in [1.54, 1.807) is 18.2 Å². The standard InChI is InChI=1S/C20H30N2O5/c1-14-12-15(18(23)24)7-8-17(14)26-11-10-22-9-5-6-16(13-22)21-19(25)27-20(2,3)4/h7-8,12,16H,5-6,9-11,13H2,1-4H3,(H,21,25)(H,23,24). The second kappa shape index (κ2) is 9.08. The number of hydrogen-bond acceptors (Lipinski definition) is 5. The Labute approximate surface area is 160 Å². The molecule has 1 aromatic rings. The van der Waals surface area contributed by atoms with Crippen LogP contribution in [0.3, 0.4) is 0 Å². The van der Waals surface area contributed by atoms with Gasteiger partial charge in [0.15, 0.2) is 0 Å². The van der Waals surface area contributed by atoms with Gasteiger partial charge in [0, 0.05) is 19.1 Å². The summed E-state index contributed by atoms with van der Waals surface area (Å²) < 4.78 is 11.1. The average Bonchev–Trinajstić information content (AvgIpc) is 2.54. The molecule has 0 spiro atoms. The van der Waals surface area contributed by atoms with E-state index >= 15 is 0 Å². The number of nitrogens with one attached hydrogen (secondary N) is 1. The highest BCUT2D eigenvalue weighted by Crippen LogP contribution is 2.19. The van der Waals surface area contributed by atoms with Gasteiger partial charge in [0.1, 0.15) is 18.0 Å². The summed E-state index contributed by atoms with van der Waals surface area (Å²) in [5, 5.41) is 11.9. The number of aryl methyl sites for hydroxylation is 1. The van der Waals surface area contributed by atoms with Gasteiger partial charge in [0.25, 0.3) is 0 Å². The molecular formula is C20H30N2O5. The van der Waals surface area contributed by atoms with E-state index in [0.717, 1.165) is 38.0 Å². The van der Waals surface area contributed by atoms with E-state index in [2.05, 4.69) is 10.2 Å². The monoisotopic (exact) mass is 378 g/mol. The maximum Gasteiger partial charge on any atom is 0.407 e. The third-order valence-corrected chi connectivity index (χ3v) is 4.31. The average molecular weight is 378 g/mol. The topological polar surface area (TPSA) is 88.1 Å². The summed E-state index contributed by atoms with van der Waals surface area (Å²) in [6.45, 7) is 10.4. The van der Waals surface area contributed by atoms with Crippen LogP contribution in [0, 0.1) is 6.92 Å². The predicted octanol–water partition coefficient (Wildman–Crippen LogP) is 3.06. The molecule has 1 aliphatic heterocycles. The lowest BCUT2D eigenvalue weighted by Gasteiger charge is -2.33. The normalized spacial score (nSPS) is 18.0. The molecule has 1 aromatic carbocycles. The fourth-order valence-electron chi connectivity index (χ4n) is 3.08. The largest absolute Gasteiger partial charge is 0.492 e. The minimum absolute atomic E-state index is 0.0742. The van der Waals surface area contributed by atoms with Crippen molar-refractivity contribution in [1.29, 1.82) is 0 Å². The Morgan fingerprint density at radius 3 is 2.70 bits per heavy atom. The van der Waals surface area contributed by atoms with Gasteiger partial charge in [-0.25, -0.2) is 9.59 Å². The highest BCUT2D eigenvalue weighted by Gasteiger charge is 2.24. The van der Waals surface area contributed by atoms with Crippen LogP contribution in [0.15, 0.2) is 18.2 Å². The zero-order chi connectivity index (χ0) is 20.0. The van der Waals surface area contributed by atoms with Crippen molar-refractivity contribution in [1.82, 2.24) is 10.2 Å². The number of piperidine rings is 1. The van der Waals surface area contributed by atoms with Crippen molar-refractivity contribution >= 4 is 12.1 Å². The summed E-state index contributed by atoms with van der Waals surface area (Å²) >= 11 is 0. The first-order valence-corrected chi connectivity index (χ1v) is 9.32. The summed E-state index contributed by atoms with van der Waals surface area (Å²) in [5.74, 6) is -0.248. The van der Waals surface area contributed by atoms with Gasteiger partial charge in [-0.15, -0.1) is 0 Å². The summed E-state index contributed by atoms with van der Waals surface area (Å²) in [7, 11) is 0. The van der Waals surface area contributed by atoms with Crippen LogP contribution in [0.2, 0.25) is 0 Å². The number of likely N-dealkylation sites (tertiary alicyclic amines) is 1. The van der Waals surface area contributed by atoms with Crippen LogP contribution in [0.4, 0.5) is 4.79 Å².